The molecular formula is C31H38N6O3. The van der Waals surface area contributed by atoms with Gasteiger partial charge in [-0.15, -0.1) is 0 Å². The van der Waals surface area contributed by atoms with Crippen LogP contribution >= 0.6 is 0 Å². The van der Waals surface area contributed by atoms with Gasteiger partial charge >= 0.3 is 0 Å². The van der Waals surface area contributed by atoms with Crippen LogP contribution in [0, 0.1) is 11.8 Å². The minimum Gasteiger partial charge on any atom is -0.494 e. The normalized spacial score (nSPS) is 17.6. The summed E-state index contributed by atoms with van der Waals surface area (Å²) in [5.74, 6) is 2.11. The molecule has 2 aliphatic rings. The number of nitrogens with zero attached hydrogens (tertiary/aromatic N) is 4. The molecule has 1 saturated carbocycles. The standard InChI is InChI=1S/C31H38N6O3/c1-35-29-24(13-23(15-26(29)40-2)31(39)36-12-4-5-20(16-32)17-36)34-30(35)25-14-22-7-3-6-21(10-11-27(33)38)28(22)37(25)18-19-8-9-19/h3,6-7,13-15,19-20H,4-5,8-12,16-18,32H2,1-2H3,(H2,33,38)/t20-/m0/s1. The number of fused-ring (bicyclic) bond motifs is 2. The van der Waals surface area contributed by atoms with Crippen molar-refractivity contribution in [2.24, 2.45) is 30.4 Å². The van der Waals surface area contributed by atoms with E-state index in [0.717, 1.165) is 64.9 Å². The minimum absolute atomic E-state index is 0.00695. The number of piperidine rings is 1. The summed E-state index contributed by atoms with van der Waals surface area (Å²) >= 11 is 0. The number of amides is 2. The van der Waals surface area contributed by atoms with Crippen molar-refractivity contribution in [3.8, 4) is 17.3 Å². The maximum absolute atomic E-state index is 13.5. The molecule has 40 heavy (non-hydrogen) atoms. The third-order valence-electron chi connectivity index (χ3n) is 8.55. The van der Waals surface area contributed by atoms with Crippen LogP contribution in [0.1, 0.15) is 48.0 Å². The molecule has 2 amide bonds. The smallest absolute Gasteiger partial charge is 0.254 e. The van der Waals surface area contributed by atoms with E-state index in [9.17, 15) is 9.59 Å². The fourth-order valence-electron chi connectivity index (χ4n) is 6.24. The Kier molecular flexibility index (Phi) is 7.00. The van der Waals surface area contributed by atoms with Gasteiger partial charge in [-0.2, -0.15) is 0 Å². The zero-order valence-electron chi connectivity index (χ0n) is 23.4. The lowest BCUT2D eigenvalue weighted by molar-refractivity contribution is -0.117. The molecule has 9 heteroatoms. The molecule has 1 aliphatic heterocycles. The van der Waals surface area contributed by atoms with Crippen LogP contribution in [0.25, 0.3) is 33.5 Å². The number of likely N-dealkylation sites (tertiary alicyclic amines) is 1. The Morgan fingerprint density at radius 2 is 1.93 bits per heavy atom. The van der Waals surface area contributed by atoms with Crippen LogP contribution in [0.15, 0.2) is 36.4 Å². The number of rotatable bonds is 9. The molecule has 0 unspecified atom stereocenters. The number of carbonyl (C=O) groups is 2. The number of para-hydroxylation sites is 1. The van der Waals surface area contributed by atoms with E-state index in [1.165, 1.54) is 12.8 Å². The molecule has 2 aromatic heterocycles. The zero-order chi connectivity index (χ0) is 28.0. The maximum atomic E-state index is 13.5. The van der Waals surface area contributed by atoms with E-state index in [-0.39, 0.29) is 11.8 Å². The second kappa shape index (κ2) is 10.6. The van der Waals surface area contributed by atoms with Crippen molar-refractivity contribution in [3.63, 3.8) is 0 Å². The average molecular weight is 543 g/mol. The number of aromatic nitrogens is 3. The number of hydrogen-bond donors (Lipinski definition) is 2. The van der Waals surface area contributed by atoms with Crippen molar-refractivity contribution in [2.75, 3.05) is 26.7 Å². The molecule has 1 aliphatic carbocycles. The van der Waals surface area contributed by atoms with Gasteiger partial charge in [0.25, 0.3) is 5.91 Å². The van der Waals surface area contributed by atoms with Crippen LogP contribution in [0.3, 0.4) is 0 Å². The number of nitrogens with two attached hydrogens (primary N) is 2. The van der Waals surface area contributed by atoms with E-state index in [4.69, 9.17) is 21.2 Å². The van der Waals surface area contributed by atoms with Gasteiger partial charge in [-0.05, 0) is 74.2 Å². The number of hydrogen-bond acceptors (Lipinski definition) is 5. The summed E-state index contributed by atoms with van der Waals surface area (Å²) in [7, 11) is 3.63. The van der Waals surface area contributed by atoms with Crippen molar-refractivity contribution >= 4 is 33.8 Å². The van der Waals surface area contributed by atoms with Crippen molar-refractivity contribution in [3.05, 3.63) is 47.5 Å². The first-order valence-corrected chi connectivity index (χ1v) is 14.3. The lowest BCUT2D eigenvalue weighted by Gasteiger charge is -2.32. The number of benzene rings is 2. The molecule has 1 atom stereocenters. The van der Waals surface area contributed by atoms with E-state index >= 15 is 0 Å². The first-order valence-electron chi connectivity index (χ1n) is 14.3. The highest BCUT2D eigenvalue weighted by Crippen LogP contribution is 2.39. The minimum atomic E-state index is -0.298. The molecule has 2 aromatic carbocycles. The van der Waals surface area contributed by atoms with Gasteiger partial charge in [-0.3, -0.25) is 9.59 Å². The van der Waals surface area contributed by atoms with Gasteiger partial charge in [-0.25, -0.2) is 4.98 Å². The Bertz CT molecular complexity index is 1600. The lowest BCUT2D eigenvalue weighted by atomic mass is 9.97. The summed E-state index contributed by atoms with van der Waals surface area (Å²) in [4.78, 5) is 32.1. The Labute approximate surface area is 234 Å². The van der Waals surface area contributed by atoms with Crippen LogP contribution in [-0.4, -0.2) is 57.6 Å². The van der Waals surface area contributed by atoms with Gasteiger partial charge in [0.1, 0.15) is 11.3 Å². The van der Waals surface area contributed by atoms with Crippen LogP contribution in [0.5, 0.6) is 5.75 Å². The Morgan fingerprint density at radius 3 is 2.65 bits per heavy atom. The van der Waals surface area contributed by atoms with Gasteiger partial charge in [0.2, 0.25) is 5.91 Å². The highest BCUT2D eigenvalue weighted by molar-refractivity contribution is 6.00. The van der Waals surface area contributed by atoms with E-state index in [0.29, 0.717) is 49.1 Å². The predicted molar refractivity (Wildman–Crippen MR) is 156 cm³/mol. The molecule has 2 fully saturated rings. The quantitative estimate of drug-likeness (QED) is 0.333. The SMILES string of the molecule is COc1cc(C(=O)N2CCC[C@@H](CN)C2)cc2nc(-c3cc4cccc(CCC(N)=O)c4n3CC3CC3)n(C)c12. The topological polar surface area (TPSA) is 121 Å². The lowest BCUT2D eigenvalue weighted by Crippen LogP contribution is -2.42. The highest BCUT2D eigenvalue weighted by atomic mass is 16.5. The number of imidazole rings is 1. The summed E-state index contributed by atoms with van der Waals surface area (Å²) in [6.07, 6.45) is 5.37. The van der Waals surface area contributed by atoms with Crippen molar-refractivity contribution < 1.29 is 14.3 Å². The third-order valence-corrected chi connectivity index (χ3v) is 8.55. The molecule has 210 valence electrons. The largest absolute Gasteiger partial charge is 0.494 e. The zero-order valence-corrected chi connectivity index (χ0v) is 23.4. The summed E-state index contributed by atoms with van der Waals surface area (Å²) in [5, 5.41) is 1.12. The predicted octanol–water partition coefficient (Wildman–Crippen LogP) is 3.84. The number of aryl methyl sites for hydroxylation is 2. The Hall–Kier alpha value is -3.85. The van der Waals surface area contributed by atoms with Crippen LogP contribution < -0.4 is 16.2 Å². The molecule has 0 radical (unpaired) electrons. The van der Waals surface area contributed by atoms with E-state index in [1.54, 1.807) is 7.11 Å². The van der Waals surface area contributed by atoms with Gasteiger partial charge in [-0.1, -0.05) is 18.2 Å². The number of methoxy groups -OCH3 is 1. The summed E-state index contributed by atoms with van der Waals surface area (Å²) in [6, 6.07) is 12.2. The van der Waals surface area contributed by atoms with Gasteiger partial charge in [0.05, 0.1) is 23.8 Å². The van der Waals surface area contributed by atoms with Crippen LogP contribution in [0.2, 0.25) is 0 Å². The first kappa shape index (κ1) is 26.4. The van der Waals surface area contributed by atoms with Crippen molar-refractivity contribution in [1.82, 2.24) is 19.0 Å². The fourth-order valence-corrected chi connectivity index (χ4v) is 6.24. The van der Waals surface area contributed by atoms with E-state index in [1.807, 2.05) is 30.1 Å². The van der Waals surface area contributed by atoms with Crippen LogP contribution in [-0.2, 0) is 24.8 Å². The number of carbonyl (C=O) groups excluding carboxylic acids is 2. The molecular weight excluding hydrogens is 504 g/mol. The summed E-state index contributed by atoms with van der Waals surface area (Å²) < 4.78 is 10.2. The van der Waals surface area contributed by atoms with Gasteiger partial charge in [0.15, 0.2) is 5.82 Å². The van der Waals surface area contributed by atoms with Crippen molar-refractivity contribution in [2.45, 2.75) is 45.1 Å². The molecule has 4 aromatic rings. The molecule has 9 nitrogen and oxygen atoms in total. The molecule has 0 spiro atoms. The fraction of sp³-hybridized carbons (Fsp3) is 0.452. The first-order chi connectivity index (χ1) is 19.4. The average Bonchev–Trinajstić information content (AvgIpc) is 3.63. The number of ether oxygens (including phenoxy) is 1. The highest BCUT2D eigenvalue weighted by Gasteiger charge is 2.28. The molecule has 0 bridgehead atoms. The molecule has 3 heterocycles. The second-order valence-corrected chi connectivity index (χ2v) is 11.4. The van der Waals surface area contributed by atoms with Gasteiger partial charge < -0.3 is 30.2 Å². The third kappa shape index (κ3) is 4.83. The summed E-state index contributed by atoms with van der Waals surface area (Å²) in [6.45, 7) is 2.91. The Morgan fingerprint density at radius 1 is 1.10 bits per heavy atom. The maximum Gasteiger partial charge on any atom is 0.254 e. The summed E-state index contributed by atoms with van der Waals surface area (Å²) in [5.41, 5.74) is 16.8. The number of primary amides is 1. The van der Waals surface area contributed by atoms with Crippen LogP contribution in [0.4, 0.5) is 0 Å². The molecule has 6 rings (SSSR count). The van der Waals surface area contributed by atoms with E-state index in [2.05, 4.69) is 27.3 Å². The second-order valence-electron chi connectivity index (χ2n) is 11.4. The Balaban J connectivity index is 1.46. The monoisotopic (exact) mass is 542 g/mol. The van der Waals surface area contributed by atoms with Gasteiger partial charge in [0, 0.05) is 44.1 Å². The van der Waals surface area contributed by atoms with E-state index < -0.39 is 0 Å². The molecule has 4 N–H and O–H groups in total. The molecule has 1 saturated heterocycles. The van der Waals surface area contributed by atoms with Crippen molar-refractivity contribution in [1.29, 1.82) is 0 Å².